The molecule has 55 heavy (non-hydrogen) atoms. The van der Waals surface area contributed by atoms with Crippen LogP contribution in [0.4, 0.5) is 0 Å². The van der Waals surface area contributed by atoms with Crippen LogP contribution in [0.3, 0.4) is 0 Å². The summed E-state index contributed by atoms with van der Waals surface area (Å²) >= 11 is 0. The van der Waals surface area contributed by atoms with Gasteiger partial charge in [-0.1, -0.05) is 175 Å². The average molecular weight is 757 g/mol. The van der Waals surface area contributed by atoms with Gasteiger partial charge in [0.25, 0.3) is 0 Å². The van der Waals surface area contributed by atoms with E-state index in [0.29, 0.717) is 19.8 Å². The van der Waals surface area contributed by atoms with Crippen LogP contribution in [-0.4, -0.2) is 49.4 Å². The van der Waals surface area contributed by atoms with Gasteiger partial charge in [0.05, 0.1) is 32.5 Å². The Kier molecular flexibility index (Phi) is 22.0. The molecule has 1 fully saturated rings. The second-order valence-corrected chi connectivity index (χ2v) is 14.9. The van der Waals surface area contributed by atoms with Gasteiger partial charge in [0.15, 0.2) is 12.4 Å². The quantitative estimate of drug-likeness (QED) is 0.0397. The molecule has 0 spiro atoms. The Hall–Kier alpha value is -3.33. The van der Waals surface area contributed by atoms with E-state index in [2.05, 4.69) is 13.5 Å². The molecule has 1 heterocycles. The molecule has 6 atom stereocenters. The largest absolute Gasteiger partial charge is 0.454 e. The standard InChI is InChI=1S/C48H68O7/c1-4-6-8-10-12-14-25-33-43(34-26-15-13-11-9-7-5-2)54-48-47(53-39(3)49)46(52-37-42-31-23-18-24-32-42)45(51-36-41-29-21-17-22-30-41)44(55-48)38-50-35-40-27-19-16-20-28-40/h4,16-24,27-32,43-48H,1,5-15,25-26,33-38H2,2-3H3/t43?,44-,45-,46+,47-,48-/m1/s1. The van der Waals surface area contributed by atoms with E-state index in [1.54, 1.807) is 0 Å². The van der Waals surface area contributed by atoms with Crippen molar-refractivity contribution in [1.82, 2.24) is 0 Å². The highest BCUT2D eigenvalue weighted by atomic mass is 16.7. The molecule has 1 aliphatic heterocycles. The first-order valence-electron chi connectivity index (χ1n) is 21.1. The maximum Gasteiger partial charge on any atom is 0.303 e. The van der Waals surface area contributed by atoms with Crippen molar-refractivity contribution in [2.75, 3.05) is 6.61 Å². The molecule has 0 aromatic heterocycles. The maximum absolute atomic E-state index is 12.8. The molecule has 0 saturated carbocycles. The van der Waals surface area contributed by atoms with Crippen LogP contribution in [0, 0.1) is 0 Å². The highest BCUT2D eigenvalue weighted by Crippen LogP contribution is 2.33. The summed E-state index contributed by atoms with van der Waals surface area (Å²) in [6.45, 7) is 8.88. The molecule has 0 aliphatic carbocycles. The maximum atomic E-state index is 12.8. The van der Waals surface area contributed by atoms with E-state index >= 15 is 0 Å². The number of ether oxygens (including phenoxy) is 6. The van der Waals surface area contributed by atoms with E-state index in [9.17, 15) is 4.79 Å². The fraction of sp³-hybridized carbons (Fsp3) is 0.562. The van der Waals surface area contributed by atoms with Gasteiger partial charge in [0.1, 0.15) is 18.3 Å². The first kappa shape index (κ1) is 44.4. The van der Waals surface area contributed by atoms with E-state index < -0.39 is 36.7 Å². The molecule has 0 amide bonds. The van der Waals surface area contributed by atoms with Gasteiger partial charge in [0, 0.05) is 6.92 Å². The lowest BCUT2D eigenvalue weighted by Crippen LogP contribution is -2.62. The number of allylic oxidation sites excluding steroid dienone is 1. The first-order valence-corrected chi connectivity index (χ1v) is 21.1. The van der Waals surface area contributed by atoms with Crippen LogP contribution < -0.4 is 0 Å². The van der Waals surface area contributed by atoms with Crippen LogP contribution in [0.15, 0.2) is 104 Å². The predicted molar refractivity (Wildman–Crippen MR) is 220 cm³/mol. The van der Waals surface area contributed by atoms with Crippen molar-refractivity contribution in [3.05, 3.63) is 120 Å². The summed E-state index contributed by atoms with van der Waals surface area (Å²) in [6, 6.07) is 30.2. The number of rotatable bonds is 29. The summed E-state index contributed by atoms with van der Waals surface area (Å²) in [4.78, 5) is 12.8. The Morgan fingerprint density at radius 3 is 1.67 bits per heavy atom. The van der Waals surface area contributed by atoms with Gasteiger partial charge in [-0.25, -0.2) is 0 Å². The molecule has 0 radical (unpaired) electrons. The summed E-state index contributed by atoms with van der Waals surface area (Å²) in [7, 11) is 0. The van der Waals surface area contributed by atoms with E-state index in [1.165, 1.54) is 64.7 Å². The lowest BCUT2D eigenvalue weighted by molar-refractivity contribution is -0.329. The third-order valence-electron chi connectivity index (χ3n) is 10.2. The Balaban J connectivity index is 1.58. The molecular weight excluding hydrogens is 689 g/mol. The number of unbranched alkanes of at least 4 members (excludes halogenated alkanes) is 11. The zero-order valence-corrected chi connectivity index (χ0v) is 33.7. The number of hydrogen-bond acceptors (Lipinski definition) is 7. The zero-order valence-electron chi connectivity index (χ0n) is 33.7. The second-order valence-electron chi connectivity index (χ2n) is 14.9. The summed E-state index contributed by atoms with van der Waals surface area (Å²) in [5.41, 5.74) is 3.10. The number of carbonyl (C=O) groups is 1. The van der Waals surface area contributed by atoms with Crippen LogP contribution in [-0.2, 0) is 53.0 Å². The molecule has 1 unspecified atom stereocenters. The summed E-state index contributed by atoms with van der Waals surface area (Å²) < 4.78 is 39.8. The van der Waals surface area contributed by atoms with Crippen LogP contribution in [0.5, 0.6) is 0 Å². The van der Waals surface area contributed by atoms with Crippen LogP contribution in [0.1, 0.15) is 127 Å². The van der Waals surface area contributed by atoms with E-state index in [4.69, 9.17) is 28.4 Å². The van der Waals surface area contributed by atoms with Crippen LogP contribution in [0.25, 0.3) is 0 Å². The van der Waals surface area contributed by atoms with E-state index in [0.717, 1.165) is 55.2 Å². The molecule has 302 valence electrons. The normalized spacial score (nSPS) is 20.2. The number of carbonyl (C=O) groups excluding carboxylic acids is 1. The van der Waals surface area contributed by atoms with E-state index in [1.807, 2.05) is 97.1 Å². The van der Waals surface area contributed by atoms with Gasteiger partial charge < -0.3 is 28.4 Å². The van der Waals surface area contributed by atoms with Gasteiger partial charge in [0.2, 0.25) is 0 Å². The highest BCUT2D eigenvalue weighted by molar-refractivity contribution is 5.66. The Bertz CT molecular complexity index is 1400. The molecule has 0 N–H and O–H groups in total. The fourth-order valence-electron chi connectivity index (χ4n) is 7.22. The summed E-state index contributed by atoms with van der Waals surface area (Å²) in [5.74, 6) is -0.417. The minimum atomic E-state index is -0.853. The van der Waals surface area contributed by atoms with Crippen molar-refractivity contribution in [1.29, 1.82) is 0 Å². The van der Waals surface area contributed by atoms with Crippen molar-refractivity contribution in [3.63, 3.8) is 0 Å². The number of benzene rings is 3. The lowest BCUT2D eigenvalue weighted by Gasteiger charge is -2.46. The molecule has 4 rings (SSSR count). The third-order valence-corrected chi connectivity index (χ3v) is 10.2. The zero-order chi connectivity index (χ0) is 38.8. The van der Waals surface area contributed by atoms with Crippen molar-refractivity contribution < 1.29 is 33.2 Å². The molecule has 1 aliphatic rings. The van der Waals surface area contributed by atoms with Crippen molar-refractivity contribution in [2.24, 2.45) is 0 Å². The first-order chi connectivity index (χ1) is 27.1. The number of esters is 1. The Labute approximate surface area is 332 Å². The van der Waals surface area contributed by atoms with Gasteiger partial charge in [-0.3, -0.25) is 4.79 Å². The van der Waals surface area contributed by atoms with Gasteiger partial charge in [-0.2, -0.15) is 0 Å². The summed E-state index contributed by atoms with van der Waals surface area (Å²) in [5, 5.41) is 0. The van der Waals surface area contributed by atoms with Crippen molar-refractivity contribution >= 4 is 5.97 Å². The Morgan fingerprint density at radius 1 is 0.655 bits per heavy atom. The topological polar surface area (TPSA) is 72.5 Å². The molecule has 1 saturated heterocycles. The molecule has 7 nitrogen and oxygen atoms in total. The molecular formula is C48H68O7. The van der Waals surface area contributed by atoms with Crippen LogP contribution >= 0.6 is 0 Å². The number of hydrogen-bond donors (Lipinski definition) is 0. The molecule has 3 aromatic carbocycles. The van der Waals surface area contributed by atoms with Gasteiger partial charge in [-0.15, -0.1) is 6.58 Å². The second kappa shape index (κ2) is 27.3. The van der Waals surface area contributed by atoms with Gasteiger partial charge in [-0.05, 0) is 42.4 Å². The van der Waals surface area contributed by atoms with Crippen LogP contribution in [0.2, 0.25) is 0 Å². The lowest BCUT2D eigenvalue weighted by atomic mass is 9.97. The fourth-order valence-corrected chi connectivity index (χ4v) is 7.22. The van der Waals surface area contributed by atoms with Crippen molar-refractivity contribution in [2.45, 2.75) is 167 Å². The summed E-state index contributed by atoms with van der Waals surface area (Å²) in [6.07, 6.45) is 15.8. The average Bonchev–Trinajstić information content (AvgIpc) is 3.20. The molecule has 3 aromatic rings. The third kappa shape index (κ3) is 17.6. The Morgan fingerprint density at radius 2 is 1.15 bits per heavy atom. The predicted octanol–water partition coefficient (Wildman–Crippen LogP) is 11.5. The molecule has 0 bridgehead atoms. The van der Waals surface area contributed by atoms with Crippen molar-refractivity contribution in [3.8, 4) is 0 Å². The monoisotopic (exact) mass is 756 g/mol. The SMILES string of the molecule is C=CCCCCCCCC(CCCCCCCCC)O[C@@H]1O[C@H](COCc2ccccc2)[C@@H](OCc2ccccc2)[C@H](OCc2ccccc2)[C@H]1OC(C)=O. The highest BCUT2D eigenvalue weighted by Gasteiger charge is 2.50. The molecule has 7 heteroatoms. The van der Waals surface area contributed by atoms with Gasteiger partial charge >= 0.3 is 5.97 Å². The minimum Gasteiger partial charge on any atom is -0.454 e. The van der Waals surface area contributed by atoms with E-state index in [-0.39, 0.29) is 12.7 Å². The smallest absolute Gasteiger partial charge is 0.303 e. The minimum absolute atomic E-state index is 0.0469.